The smallest absolute Gasteiger partial charge is 0.269 e. The third kappa shape index (κ3) is 6.49. The minimum atomic E-state index is -0.390. The number of non-ortho nitro benzene ring substituents is 1. The molecule has 1 rings (SSSR count). The maximum Gasteiger partial charge on any atom is 0.269 e. The first kappa shape index (κ1) is 17.3. The molecular weight excluding hydrogens is 268 g/mol. The lowest BCUT2D eigenvalue weighted by Gasteiger charge is -2.16. The zero-order chi connectivity index (χ0) is 15.7. The second-order valence-corrected chi connectivity index (χ2v) is 5.10. The van der Waals surface area contributed by atoms with Crippen molar-refractivity contribution >= 4 is 11.5 Å². The molecule has 0 fully saturated rings. The molecule has 0 aliphatic rings. The number of hydrogen-bond donors (Lipinski definition) is 0. The number of benzene rings is 1. The summed E-state index contributed by atoms with van der Waals surface area (Å²) in [6, 6.07) is 6.63. The van der Waals surface area contributed by atoms with Crippen molar-refractivity contribution in [1.29, 1.82) is 0 Å². The van der Waals surface area contributed by atoms with Crippen LogP contribution in [-0.4, -0.2) is 35.2 Å². The largest absolute Gasteiger partial charge is 0.303 e. The van der Waals surface area contributed by atoms with Crippen molar-refractivity contribution in [2.45, 2.75) is 39.5 Å². The molecule has 0 saturated carbocycles. The third-order valence-electron chi connectivity index (χ3n) is 3.64. The first-order chi connectivity index (χ1) is 10.1. The van der Waals surface area contributed by atoms with E-state index in [1.807, 2.05) is 6.07 Å². The van der Waals surface area contributed by atoms with Gasteiger partial charge in [0.25, 0.3) is 5.69 Å². The summed E-state index contributed by atoms with van der Waals surface area (Å²) in [6.45, 7) is 6.95. The van der Waals surface area contributed by atoms with Crippen LogP contribution in [0.4, 0.5) is 5.69 Å². The highest BCUT2D eigenvalue weighted by atomic mass is 16.6. The highest BCUT2D eigenvalue weighted by molar-refractivity contribution is 5.78. The van der Waals surface area contributed by atoms with Gasteiger partial charge >= 0.3 is 0 Å². The van der Waals surface area contributed by atoms with Crippen molar-refractivity contribution < 1.29 is 9.72 Å². The summed E-state index contributed by atoms with van der Waals surface area (Å²) in [4.78, 5) is 24.3. The van der Waals surface area contributed by atoms with Gasteiger partial charge < -0.3 is 4.90 Å². The van der Waals surface area contributed by atoms with Gasteiger partial charge in [-0.3, -0.25) is 14.9 Å². The van der Waals surface area contributed by atoms with E-state index in [9.17, 15) is 14.9 Å². The van der Waals surface area contributed by atoms with Crippen LogP contribution in [0.5, 0.6) is 0 Å². The van der Waals surface area contributed by atoms with E-state index < -0.39 is 4.92 Å². The van der Waals surface area contributed by atoms with Crippen molar-refractivity contribution in [1.82, 2.24) is 4.90 Å². The molecule has 0 heterocycles. The first-order valence-electron chi connectivity index (χ1n) is 7.54. The number of hydrogen-bond acceptors (Lipinski definition) is 4. The fourth-order valence-corrected chi connectivity index (χ4v) is 2.26. The van der Waals surface area contributed by atoms with E-state index in [0.29, 0.717) is 19.3 Å². The van der Waals surface area contributed by atoms with Gasteiger partial charge in [0.15, 0.2) is 0 Å². The number of carbonyl (C=O) groups is 1. The Labute approximate surface area is 126 Å². The monoisotopic (exact) mass is 292 g/mol. The molecule has 1 aromatic carbocycles. The summed E-state index contributed by atoms with van der Waals surface area (Å²) >= 11 is 0. The predicted octanol–water partition coefficient (Wildman–Crippen LogP) is 3.22. The Morgan fingerprint density at radius 1 is 1.24 bits per heavy atom. The van der Waals surface area contributed by atoms with Crippen molar-refractivity contribution in [3.05, 3.63) is 39.9 Å². The Morgan fingerprint density at radius 3 is 2.57 bits per heavy atom. The minimum Gasteiger partial charge on any atom is -0.303 e. The maximum atomic E-state index is 11.8. The Bertz CT molecular complexity index is 470. The highest BCUT2D eigenvalue weighted by Crippen LogP contribution is 2.15. The number of nitro benzene ring substituents is 1. The van der Waals surface area contributed by atoms with E-state index in [0.717, 1.165) is 31.6 Å². The van der Waals surface area contributed by atoms with Gasteiger partial charge in [-0.15, -0.1) is 0 Å². The third-order valence-corrected chi connectivity index (χ3v) is 3.64. The van der Waals surface area contributed by atoms with E-state index in [2.05, 4.69) is 18.7 Å². The topological polar surface area (TPSA) is 63.5 Å². The fourth-order valence-electron chi connectivity index (χ4n) is 2.26. The molecule has 0 spiro atoms. The number of ketones is 1. The Kier molecular flexibility index (Phi) is 7.61. The zero-order valence-electron chi connectivity index (χ0n) is 12.9. The lowest BCUT2D eigenvalue weighted by atomic mass is 10.0. The molecule has 0 atom stereocenters. The molecule has 0 radical (unpaired) electrons. The van der Waals surface area contributed by atoms with Crippen molar-refractivity contribution in [2.24, 2.45) is 0 Å². The second-order valence-electron chi connectivity index (χ2n) is 5.10. The van der Waals surface area contributed by atoms with Crippen LogP contribution >= 0.6 is 0 Å². The van der Waals surface area contributed by atoms with Crippen LogP contribution in [0.3, 0.4) is 0 Å². The van der Waals surface area contributed by atoms with Gasteiger partial charge in [0.1, 0.15) is 5.78 Å². The quantitative estimate of drug-likeness (QED) is 0.490. The van der Waals surface area contributed by atoms with E-state index >= 15 is 0 Å². The average molecular weight is 292 g/mol. The van der Waals surface area contributed by atoms with Gasteiger partial charge in [0, 0.05) is 31.5 Å². The van der Waals surface area contributed by atoms with E-state index in [4.69, 9.17) is 0 Å². The van der Waals surface area contributed by atoms with Gasteiger partial charge in [-0.2, -0.15) is 0 Å². The lowest BCUT2D eigenvalue weighted by molar-refractivity contribution is -0.384. The summed E-state index contributed by atoms with van der Waals surface area (Å²) in [6.07, 6.45) is 2.59. The van der Waals surface area contributed by atoms with Gasteiger partial charge in [0.05, 0.1) is 4.92 Å². The summed E-state index contributed by atoms with van der Waals surface area (Å²) in [5, 5.41) is 10.7. The summed E-state index contributed by atoms with van der Waals surface area (Å²) in [5.74, 6) is 0.271. The van der Waals surface area contributed by atoms with Crippen LogP contribution in [0.1, 0.15) is 38.7 Å². The molecular formula is C16H24N2O3. The SMILES string of the molecule is CCN(CC)CCC(=O)CCCc1cccc([N+](=O)[O-])c1. The standard InChI is InChI=1S/C16H24N2O3/c1-3-17(4-2)12-11-16(19)10-6-8-14-7-5-9-15(13-14)18(20)21/h5,7,9,13H,3-4,6,8,10-12H2,1-2H3. The van der Waals surface area contributed by atoms with Crippen LogP contribution in [0.2, 0.25) is 0 Å². The molecule has 0 aliphatic heterocycles. The molecule has 0 saturated heterocycles. The molecule has 0 aliphatic carbocycles. The van der Waals surface area contributed by atoms with E-state index in [1.165, 1.54) is 6.07 Å². The van der Waals surface area contributed by atoms with Crippen LogP contribution in [0, 0.1) is 10.1 Å². The van der Waals surface area contributed by atoms with Crippen LogP contribution < -0.4 is 0 Å². The van der Waals surface area contributed by atoms with Crippen LogP contribution in [0.25, 0.3) is 0 Å². The normalized spacial score (nSPS) is 10.8. The highest BCUT2D eigenvalue weighted by Gasteiger charge is 2.08. The van der Waals surface area contributed by atoms with Crippen molar-refractivity contribution in [3.63, 3.8) is 0 Å². The van der Waals surface area contributed by atoms with Crippen LogP contribution in [0.15, 0.2) is 24.3 Å². The molecule has 21 heavy (non-hydrogen) atoms. The van der Waals surface area contributed by atoms with E-state index in [-0.39, 0.29) is 11.5 Å². The summed E-state index contributed by atoms with van der Waals surface area (Å²) in [5.41, 5.74) is 1.03. The Morgan fingerprint density at radius 2 is 1.95 bits per heavy atom. The first-order valence-corrected chi connectivity index (χ1v) is 7.54. The van der Waals surface area contributed by atoms with Gasteiger partial charge in [0.2, 0.25) is 0 Å². The molecule has 0 unspecified atom stereocenters. The number of aryl methyl sites for hydroxylation is 1. The van der Waals surface area contributed by atoms with Gasteiger partial charge in [-0.05, 0) is 31.5 Å². The van der Waals surface area contributed by atoms with Crippen LogP contribution in [-0.2, 0) is 11.2 Å². The molecule has 1 aromatic rings. The van der Waals surface area contributed by atoms with Crippen molar-refractivity contribution in [3.8, 4) is 0 Å². The zero-order valence-corrected chi connectivity index (χ0v) is 12.9. The average Bonchev–Trinajstić information content (AvgIpc) is 2.48. The minimum absolute atomic E-state index is 0.111. The second kappa shape index (κ2) is 9.23. The summed E-state index contributed by atoms with van der Waals surface area (Å²) in [7, 11) is 0. The fraction of sp³-hybridized carbons (Fsp3) is 0.562. The summed E-state index contributed by atoms with van der Waals surface area (Å²) < 4.78 is 0. The Hall–Kier alpha value is -1.75. The predicted molar refractivity (Wildman–Crippen MR) is 83.4 cm³/mol. The molecule has 0 aromatic heterocycles. The Balaban J connectivity index is 2.31. The van der Waals surface area contributed by atoms with Gasteiger partial charge in [-0.25, -0.2) is 0 Å². The lowest BCUT2D eigenvalue weighted by Crippen LogP contribution is -2.25. The van der Waals surface area contributed by atoms with E-state index in [1.54, 1.807) is 12.1 Å². The molecule has 0 amide bonds. The number of rotatable bonds is 10. The number of carbonyl (C=O) groups excluding carboxylic acids is 1. The van der Waals surface area contributed by atoms with Crippen molar-refractivity contribution in [2.75, 3.05) is 19.6 Å². The molecule has 5 heteroatoms. The number of Topliss-reactive ketones (excluding diaryl/α,β-unsaturated/α-hetero) is 1. The molecule has 5 nitrogen and oxygen atoms in total. The molecule has 0 bridgehead atoms. The molecule has 116 valence electrons. The molecule has 0 N–H and O–H groups in total. The number of nitrogens with zero attached hydrogens (tertiary/aromatic N) is 2. The van der Waals surface area contributed by atoms with Gasteiger partial charge in [-0.1, -0.05) is 26.0 Å². The maximum absolute atomic E-state index is 11.8. The number of nitro groups is 1.